The molecule has 0 fully saturated rings. The molecule has 0 aliphatic carbocycles. The summed E-state index contributed by atoms with van der Waals surface area (Å²) in [6.45, 7) is 2.11. The van der Waals surface area contributed by atoms with E-state index in [0.717, 1.165) is 32.4 Å². The summed E-state index contributed by atoms with van der Waals surface area (Å²) in [4.78, 5) is 16.5. The fraction of sp³-hybridized carbons (Fsp3) is 0.211. The second-order valence-corrected chi connectivity index (χ2v) is 6.55. The molecule has 0 saturated heterocycles. The molecule has 0 aliphatic rings. The molecule has 2 N–H and O–H groups in total. The Hall–Kier alpha value is -2.93. The van der Waals surface area contributed by atoms with Gasteiger partial charge in [-0.3, -0.25) is 4.79 Å². The van der Waals surface area contributed by atoms with E-state index >= 15 is 0 Å². The summed E-state index contributed by atoms with van der Waals surface area (Å²) in [6.07, 6.45) is 0.706. The lowest BCUT2D eigenvalue weighted by molar-refractivity contribution is -0.119. The van der Waals surface area contributed by atoms with Gasteiger partial charge in [-0.1, -0.05) is 30.4 Å². The highest BCUT2D eigenvalue weighted by Crippen LogP contribution is 2.24. The zero-order valence-electron chi connectivity index (χ0n) is 14.7. The minimum Gasteiger partial charge on any atom is -0.497 e. The quantitative estimate of drug-likeness (QED) is 0.493. The van der Waals surface area contributed by atoms with Gasteiger partial charge in [0.15, 0.2) is 5.13 Å². The van der Waals surface area contributed by atoms with E-state index in [1.807, 2.05) is 55.5 Å². The van der Waals surface area contributed by atoms with Gasteiger partial charge in [-0.15, -0.1) is 0 Å². The number of methoxy groups -OCH3 is 1. The average molecular weight is 368 g/mol. The van der Waals surface area contributed by atoms with Crippen molar-refractivity contribution in [1.82, 2.24) is 10.4 Å². The van der Waals surface area contributed by atoms with Gasteiger partial charge >= 0.3 is 0 Å². The van der Waals surface area contributed by atoms with Crippen LogP contribution in [-0.4, -0.2) is 30.3 Å². The number of hydrogen-bond donors (Lipinski definition) is 2. The molecule has 3 aromatic rings. The van der Waals surface area contributed by atoms with Crippen LogP contribution in [0, 0.1) is 0 Å². The smallest absolute Gasteiger partial charge is 0.259 e. The van der Waals surface area contributed by atoms with E-state index in [2.05, 4.69) is 20.8 Å². The van der Waals surface area contributed by atoms with Crippen molar-refractivity contribution in [3.8, 4) is 5.75 Å². The van der Waals surface area contributed by atoms with Gasteiger partial charge in [0.2, 0.25) is 0 Å². The van der Waals surface area contributed by atoms with E-state index < -0.39 is 0 Å². The van der Waals surface area contributed by atoms with Crippen molar-refractivity contribution in [2.45, 2.75) is 13.3 Å². The topological polar surface area (TPSA) is 75.6 Å². The van der Waals surface area contributed by atoms with Crippen molar-refractivity contribution < 1.29 is 9.53 Å². The minimum absolute atomic E-state index is 0.114. The number of carbonyl (C=O) groups is 1. The third-order valence-corrected chi connectivity index (χ3v) is 4.76. The Bertz CT molecular complexity index is 886. The van der Waals surface area contributed by atoms with Crippen LogP contribution in [0.25, 0.3) is 10.2 Å². The maximum Gasteiger partial charge on any atom is 0.259 e. The minimum atomic E-state index is -0.219. The first kappa shape index (κ1) is 17.9. The molecule has 0 bridgehead atoms. The Morgan fingerprint density at radius 3 is 2.65 bits per heavy atom. The SMILES string of the molecule is CC/C(=N/NC(=O)CNc1nc2ccccc2s1)c1ccc(OC)cc1. The maximum absolute atomic E-state index is 12.1. The van der Waals surface area contributed by atoms with E-state index in [9.17, 15) is 4.79 Å². The van der Waals surface area contributed by atoms with E-state index in [-0.39, 0.29) is 12.5 Å². The molecule has 6 nitrogen and oxygen atoms in total. The van der Waals surface area contributed by atoms with Crippen LogP contribution in [0.4, 0.5) is 5.13 Å². The van der Waals surface area contributed by atoms with Crippen molar-refractivity contribution >= 4 is 38.3 Å². The second-order valence-electron chi connectivity index (χ2n) is 5.52. The molecule has 2 aromatic carbocycles. The molecule has 1 heterocycles. The number of fused-ring (bicyclic) bond motifs is 1. The molecule has 1 aromatic heterocycles. The number of ether oxygens (including phenoxy) is 1. The molecule has 7 heteroatoms. The second kappa shape index (κ2) is 8.44. The van der Waals surface area contributed by atoms with Gasteiger partial charge in [0.25, 0.3) is 5.91 Å². The Labute approximate surface area is 155 Å². The number of anilines is 1. The van der Waals surface area contributed by atoms with Crippen molar-refractivity contribution in [2.24, 2.45) is 5.10 Å². The van der Waals surface area contributed by atoms with Crippen LogP contribution >= 0.6 is 11.3 Å². The molecular weight excluding hydrogens is 348 g/mol. The fourth-order valence-electron chi connectivity index (χ4n) is 2.40. The summed E-state index contributed by atoms with van der Waals surface area (Å²) >= 11 is 1.52. The molecule has 26 heavy (non-hydrogen) atoms. The Kier molecular flexibility index (Phi) is 5.80. The van der Waals surface area contributed by atoms with Gasteiger partial charge in [-0.05, 0) is 48.4 Å². The molecule has 0 aliphatic heterocycles. The maximum atomic E-state index is 12.1. The van der Waals surface area contributed by atoms with E-state index in [1.165, 1.54) is 11.3 Å². The summed E-state index contributed by atoms with van der Waals surface area (Å²) in [5.74, 6) is 0.567. The summed E-state index contributed by atoms with van der Waals surface area (Å²) in [5.41, 5.74) is 5.28. The number of carbonyl (C=O) groups excluding carboxylic acids is 1. The van der Waals surface area contributed by atoms with Crippen molar-refractivity contribution in [3.63, 3.8) is 0 Å². The summed E-state index contributed by atoms with van der Waals surface area (Å²) in [6, 6.07) is 15.5. The van der Waals surface area contributed by atoms with Crippen LogP contribution in [0.3, 0.4) is 0 Å². The number of benzene rings is 2. The normalized spacial score (nSPS) is 11.4. The lowest BCUT2D eigenvalue weighted by Crippen LogP contribution is -2.27. The first-order chi connectivity index (χ1) is 12.7. The molecular formula is C19H20N4O2S. The Balaban J connectivity index is 1.58. The van der Waals surface area contributed by atoms with E-state index in [4.69, 9.17) is 4.74 Å². The number of rotatable bonds is 7. The number of amides is 1. The molecule has 0 atom stereocenters. The number of hydrazone groups is 1. The number of para-hydroxylation sites is 1. The third-order valence-electron chi connectivity index (χ3n) is 3.77. The first-order valence-corrected chi connectivity index (χ1v) is 9.10. The first-order valence-electron chi connectivity index (χ1n) is 8.29. The summed E-state index contributed by atoms with van der Waals surface area (Å²) < 4.78 is 6.24. The molecule has 0 radical (unpaired) electrons. The molecule has 0 saturated carbocycles. The zero-order valence-corrected chi connectivity index (χ0v) is 15.5. The largest absolute Gasteiger partial charge is 0.497 e. The van der Waals surface area contributed by atoms with Crippen LogP contribution < -0.4 is 15.5 Å². The zero-order chi connectivity index (χ0) is 18.4. The number of nitrogens with zero attached hydrogens (tertiary/aromatic N) is 2. The van der Waals surface area contributed by atoms with Gasteiger partial charge in [0.1, 0.15) is 5.75 Å². The van der Waals surface area contributed by atoms with Crippen molar-refractivity contribution in [1.29, 1.82) is 0 Å². The number of hydrogen-bond acceptors (Lipinski definition) is 6. The average Bonchev–Trinajstić information content (AvgIpc) is 3.10. The number of aromatic nitrogens is 1. The Morgan fingerprint density at radius 2 is 1.96 bits per heavy atom. The number of thiazole rings is 1. The van der Waals surface area contributed by atoms with Gasteiger partial charge < -0.3 is 10.1 Å². The van der Waals surface area contributed by atoms with Gasteiger partial charge in [-0.2, -0.15) is 5.10 Å². The highest BCUT2D eigenvalue weighted by molar-refractivity contribution is 7.22. The number of nitrogens with one attached hydrogen (secondary N) is 2. The molecule has 0 spiro atoms. The molecule has 134 valence electrons. The summed E-state index contributed by atoms with van der Waals surface area (Å²) in [5, 5.41) is 8.00. The van der Waals surface area contributed by atoms with Crippen molar-refractivity contribution in [3.05, 3.63) is 54.1 Å². The van der Waals surface area contributed by atoms with Gasteiger partial charge in [0, 0.05) is 0 Å². The van der Waals surface area contributed by atoms with Gasteiger partial charge in [0.05, 0.1) is 29.6 Å². The van der Waals surface area contributed by atoms with Crippen LogP contribution in [0.15, 0.2) is 53.6 Å². The monoisotopic (exact) mass is 368 g/mol. The molecule has 3 rings (SSSR count). The standard InChI is InChI=1S/C19H20N4O2S/c1-3-15(13-8-10-14(25-2)11-9-13)22-23-18(24)12-20-19-21-16-6-4-5-7-17(16)26-19/h4-11H,3,12H2,1-2H3,(H,20,21)(H,23,24)/b22-15-. The van der Waals surface area contributed by atoms with Crippen LogP contribution in [0.2, 0.25) is 0 Å². The van der Waals surface area contributed by atoms with Crippen LogP contribution in [-0.2, 0) is 4.79 Å². The highest BCUT2D eigenvalue weighted by Gasteiger charge is 2.07. The van der Waals surface area contributed by atoms with Crippen LogP contribution in [0.1, 0.15) is 18.9 Å². The predicted octanol–water partition coefficient (Wildman–Crippen LogP) is 3.65. The molecule has 0 unspecified atom stereocenters. The Morgan fingerprint density at radius 1 is 1.19 bits per heavy atom. The lowest BCUT2D eigenvalue weighted by Gasteiger charge is -2.07. The van der Waals surface area contributed by atoms with E-state index in [0.29, 0.717) is 6.42 Å². The van der Waals surface area contributed by atoms with Crippen LogP contribution in [0.5, 0.6) is 5.75 Å². The lowest BCUT2D eigenvalue weighted by atomic mass is 10.1. The third kappa shape index (κ3) is 4.37. The fourth-order valence-corrected chi connectivity index (χ4v) is 3.27. The van der Waals surface area contributed by atoms with Gasteiger partial charge in [-0.25, -0.2) is 10.4 Å². The summed E-state index contributed by atoms with van der Waals surface area (Å²) in [7, 11) is 1.63. The van der Waals surface area contributed by atoms with E-state index in [1.54, 1.807) is 7.11 Å². The van der Waals surface area contributed by atoms with Crippen molar-refractivity contribution in [2.75, 3.05) is 19.0 Å². The molecule has 1 amide bonds. The highest BCUT2D eigenvalue weighted by atomic mass is 32.1. The predicted molar refractivity (Wildman–Crippen MR) is 106 cm³/mol.